The first kappa shape index (κ1) is 17.5. The number of nitrogens with one attached hydrogen (secondary N) is 1. The van der Waals surface area contributed by atoms with Crippen molar-refractivity contribution in [2.45, 2.75) is 19.0 Å². The average molecular weight is 354 g/mol. The second-order valence-corrected chi connectivity index (χ2v) is 5.53. The Kier molecular flexibility index (Phi) is 7.55. The van der Waals surface area contributed by atoms with Crippen molar-refractivity contribution in [2.24, 2.45) is 5.92 Å². The van der Waals surface area contributed by atoms with Crippen LogP contribution in [0.4, 0.5) is 13.2 Å². The summed E-state index contributed by atoms with van der Waals surface area (Å²) in [7, 11) is 1.84. The first-order valence-corrected chi connectivity index (χ1v) is 7.24. The van der Waals surface area contributed by atoms with Gasteiger partial charge in [0.15, 0.2) is 0 Å². The monoisotopic (exact) mass is 353 g/mol. The fraction of sp³-hybridized carbons (Fsp3) is 0.571. The van der Waals surface area contributed by atoms with Crippen molar-refractivity contribution in [3.05, 3.63) is 34.3 Å². The highest BCUT2D eigenvalue weighted by atomic mass is 79.9. The van der Waals surface area contributed by atoms with Gasteiger partial charge in [-0.05, 0) is 44.0 Å². The predicted molar refractivity (Wildman–Crippen MR) is 76.8 cm³/mol. The van der Waals surface area contributed by atoms with Gasteiger partial charge in [0.05, 0.1) is 0 Å². The van der Waals surface area contributed by atoms with E-state index in [9.17, 15) is 13.2 Å². The van der Waals surface area contributed by atoms with E-state index in [1.807, 2.05) is 31.3 Å². The van der Waals surface area contributed by atoms with E-state index < -0.39 is 12.8 Å². The molecule has 1 aromatic carbocycles. The third-order valence-electron chi connectivity index (χ3n) is 2.90. The molecule has 1 rings (SSSR count). The molecular formula is C14H19BrF3NO. The molecule has 6 heteroatoms. The van der Waals surface area contributed by atoms with Gasteiger partial charge in [0, 0.05) is 11.1 Å². The Morgan fingerprint density at radius 1 is 1.30 bits per heavy atom. The number of halogens is 4. The van der Waals surface area contributed by atoms with Gasteiger partial charge in [0.25, 0.3) is 0 Å². The summed E-state index contributed by atoms with van der Waals surface area (Å²) >= 11 is 3.48. The van der Waals surface area contributed by atoms with Crippen molar-refractivity contribution in [1.82, 2.24) is 5.32 Å². The van der Waals surface area contributed by atoms with Gasteiger partial charge in [0.2, 0.25) is 0 Å². The highest BCUT2D eigenvalue weighted by molar-refractivity contribution is 9.10. The minimum atomic E-state index is -4.25. The van der Waals surface area contributed by atoms with Crippen LogP contribution < -0.4 is 5.32 Å². The van der Waals surface area contributed by atoms with Gasteiger partial charge >= 0.3 is 6.18 Å². The molecule has 0 radical (unpaired) electrons. The van der Waals surface area contributed by atoms with Crippen LogP contribution in [0.1, 0.15) is 12.0 Å². The van der Waals surface area contributed by atoms with Crippen molar-refractivity contribution in [2.75, 3.05) is 26.8 Å². The molecule has 0 bridgehead atoms. The van der Waals surface area contributed by atoms with Gasteiger partial charge in [-0.25, -0.2) is 0 Å². The molecule has 1 aromatic rings. The van der Waals surface area contributed by atoms with Gasteiger partial charge in [-0.2, -0.15) is 13.2 Å². The lowest BCUT2D eigenvalue weighted by Crippen LogP contribution is -2.24. The summed E-state index contributed by atoms with van der Waals surface area (Å²) in [6, 6.07) is 7.87. The SMILES string of the molecule is CNCC(CCOCC(F)(F)F)Cc1ccccc1Br. The molecule has 0 amide bonds. The largest absolute Gasteiger partial charge is 0.411 e. The van der Waals surface area contributed by atoms with Crippen molar-refractivity contribution < 1.29 is 17.9 Å². The van der Waals surface area contributed by atoms with E-state index in [4.69, 9.17) is 0 Å². The van der Waals surface area contributed by atoms with Gasteiger partial charge in [-0.3, -0.25) is 0 Å². The molecule has 0 aliphatic rings. The average Bonchev–Trinajstić information content (AvgIpc) is 2.36. The summed E-state index contributed by atoms with van der Waals surface area (Å²) in [6.45, 7) is -0.304. The third kappa shape index (κ3) is 7.26. The molecule has 20 heavy (non-hydrogen) atoms. The van der Waals surface area contributed by atoms with Crippen LogP contribution in [0.3, 0.4) is 0 Å². The number of benzene rings is 1. The lowest BCUT2D eigenvalue weighted by atomic mass is 9.96. The Bertz CT molecular complexity index is 398. The van der Waals surface area contributed by atoms with Crippen LogP contribution in [0.5, 0.6) is 0 Å². The molecule has 0 aliphatic carbocycles. The van der Waals surface area contributed by atoms with Gasteiger partial charge < -0.3 is 10.1 Å². The smallest absolute Gasteiger partial charge is 0.372 e. The van der Waals surface area contributed by atoms with Crippen LogP contribution in [0.25, 0.3) is 0 Å². The molecule has 0 aliphatic heterocycles. The molecule has 0 fully saturated rings. The number of alkyl halides is 3. The maximum Gasteiger partial charge on any atom is 0.411 e. The van der Waals surface area contributed by atoms with Crippen LogP contribution in [0, 0.1) is 5.92 Å². The fourth-order valence-corrected chi connectivity index (χ4v) is 2.42. The minimum Gasteiger partial charge on any atom is -0.372 e. The Labute approximate surface area is 125 Å². The van der Waals surface area contributed by atoms with Gasteiger partial charge in [0.1, 0.15) is 6.61 Å². The third-order valence-corrected chi connectivity index (χ3v) is 3.67. The maximum absolute atomic E-state index is 12.0. The predicted octanol–water partition coefficient (Wildman–Crippen LogP) is 3.80. The second kappa shape index (κ2) is 8.64. The van der Waals surface area contributed by atoms with Crippen molar-refractivity contribution in [1.29, 1.82) is 0 Å². The Morgan fingerprint density at radius 3 is 2.60 bits per heavy atom. The zero-order valence-corrected chi connectivity index (χ0v) is 12.9. The van der Waals surface area contributed by atoms with Gasteiger partial charge in [-0.15, -0.1) is 0 Å². The Balaban J connectivity index is 2.43. The first-order chi connectivity index (χ1) is 9.42. The lowest BCUT2D eigenvalue weighted by molar-refractivity contribution is -0.174. The van der Waals surface area contributed by atoms with Crippen molar-refractivity contribution in [3.63, 3.8) is 0 Å². The first-order valence-electron chi connectivity index (χ1n) is 6.45. The zero-order valence-electron chi connectivity index (χ0n) is 11.3. The maximum atomic E-state index is 12.0. The molecule has 1 unspecified atom stereocenters. The summed E-state index contributed by atoms with van der Waals surface area (Å²) < 4.78 is 41.7. The molecule has 114 valence electrons. The summed E-state index contributed by atoms with van der Waals surface area (Å²) in [5.41, 5.74) is 1.16. The van der Waals surface area contributed by atoms with E-state index in [2.05, 4.69) is 26.0 Å². The van der Waals surface area contributed by atoms with Crippen LogP contribution in [-0.2, 0) is 11.2 Å². The molecule has 1 atom stereocenters. The van der Waals surface area contributed by atoms with E-state index in [0.29, 0.717) is 6.42 Å². The number of ether oxygens (including phenoxy) is 1. The van der Waals surface area contributed by atoms with E-state index in [0.717, 1.165) is 23.0 Å². The van der Waals surface area contributed by atoms with E-state index in [1.165, 1.54) is 0 Å². The Hall–Kier alpha value is -0.590. The molecule has 0 heterocycles. The molecule has 0 saturated heterocycles. The van der Waals surface area contributed by atoms with E-state index >= 15 is 0 Å². The lowest BCUT2D eigenvalue weighted by Gasteiger charge is -2.18. The normalized spacial score (nSPS) is 13.4. The number of hydrogen-bond acceptors (Lipinski definition) is 2. The zero-order chi connectivity index (χ0) is 15.0. The molecule has 0 saturated carbocycles. The molecule has 1 N–H and O–H groups in total. The summed E-state index contributed by atoms with van der Waals surface area (Å²) in [5, 5.41) is 3.07. The number of rotatable bonds is 8. The van der Waals surface area contributed by atoms with E-state index in [-0.39, 0.29) is 12.5 Å². The van der Waals surface area contributed by atoms with Crippen LogP contribution >= 0.6 is 15.9 Å². The van der Waals surface area contributed by atoms with Crippen LogP contribution in [-0.4, -0.2) is 33.0 Å². The molecular weight excluding hydrogens is 335 g/mol. The standard InChI is InChI=1S/C14H19BrF3NO/c1-19-9-11(6-7-20-10-14(16,17)18)8-12-4-2-3-5-13(12)15/h2-5,11,19H,6-10H2,1H3. The molecule has 0 spiro atoms. The summed E-state index contributed by atoms with van der Waals surface area (Å²) in [4.78, 5) is 0. The van der Waals surface area contributed by atoms with Crippen molar-refractivity contribution >= 4 is 15.9 Å². The second-order valence-electron chi connectivity index (χ2n) is 4.68. The fourth-order valence-electron chi connectivity index (χ4n) is 1.98. The highest BCUT2D eigenvalue weighted by Gasteiger charge is 2.27. The Morgan fingerprint density at radius 2 is 2.00 bits per heavy atom. The topological polar surface area (TPSA) is 21.3 Å². The highest BCUT2D eigenvalue weighted by Crippen LogP contribution is 2.21. The van der Waals surface area contributed by atoms with Crippen molar-refractivity contribution in [3.8, 4) is 0 Å². The van der Waals surface area contributed by atoms with Gasteiger partial charge in [-0.1, -0.05) is 34.1 Å². The molecule has 2 nitrogen and oxygen atoms in total. The van der Waals surface area contributed by atoms with E-state index in [1.54, 1.807) is 0 Å². The van der Waals surface area contributed by atoms with Crippen LogP contribution in [0.2, 0.25) is 0 Å². The number of hydrogen-bond donors (Lipinski definition) is 1. The molecule has 0 aromatic heterocycles. The minimum absolute atomic E-state index is 0.121. The van der Waals surface area contributed by atoms with Crippen LogP contribution in [0.15, 0.2) is 28.7 Å². The summed E-state index contributed by atoms with van der Waals surface area (Å²) in [6.07, 6.45) is -2.85. The summed E-state index contributed by atoms with van der Waals surface area (Å²) in [5.74, 6) is 0.243. The quantitative estimate of drug-likeness (QED) is 0.717.